The lowest BCUT2D eigenvalue weighted by Gasteiger charge is -2.21. The van der Waals surface area contributed by atoms with Crippen LogP contribution in [0.3, 0.4) is 0 Å². The van der Waals surface area contributed by atoms with E-state index in [-0.39, 0.29) is 10.8 Å². The van der Waals surface area contributed by atoms with E-state index in [9.17, 15) is 0 Å². The zero-order valence-electron chi connectivity index (χ0n) is 27.9. The highest BCUT2D eigenvalue weighted by molar-refractivity contribution is 6.04. The number of hydrogen-bond donors (Lipinski definition) is 0. The molecule has 0 saturated heterocycles. The molecule has 0 aliphatic carbocycles. The van der Waals surface area contributed by atoms with Gasteiger partial charge in [0.2, 0.25) is 0 Å². The normalized spacial score (nSPS) is 12.1. The van der Waals surface area contributed by atoms with Gasteiger partial charge in [-0.2, -0.15) is 0 Å². The number of benzene rings is 6. The summed E-state index contributed by atoms with van der Waals surface area (Å²) in [5, 5.41) is 9.74. The van der Waals surface area contributed by atoms with E-state index >= 15 is 0 Å². The molecule has 8 bridgehead atoms. The van der Waals surface area contributed by atoms with Crippen LogP contribution in [0.2, 0.25) is 0 Å². The van der Waals surface area contributed by atoms with Crippen molar-refractivity contribution in [1.82, 2.24) is 0 Å². The van der Waals surface area contributed by atoms with Crippen molar-refractivity contribution in [3.8, 4) is 22.3 Å². The summed E-state index contributed by atoms with van der Waals surface area (Å²) in [6, 6.07) is 54.6. The van der Waals surface area contributed by atoms with Crippen LogP contribution in [0.5, 0.6) is 0 Å². The molecule has 0 atom stereocenters. The molecule has 0 nitrogen and oxygen atoms in total. The molecule has 0 amide bonds. The van der Waals surface area contributed by atoms with E-state index in [1.54, 1.807) is 0 Å². The third kappa shape index (κ3) is 5.77. The highest BCUT2D eigenvalue weighted by Crippen LogP contribution is 2.36. The standard InChI is InChI=1S/C46H42/c1-45(2,3)41-23-19-31(20-24-41)43-37-15-7-11-33(27-37)35-13-9-17-39(29-35)44(32-21-25-42(26-22-32)46(4,5)6)40-18-10-14-36(30-40)34-12-8-16-38(43)28-34/h7-30H,1-6H3. The summed E-state index contributed by atoms with van der Waals surface area (Å²) in [5.41, 5.74) is 7.85. The molecule has 0 radical (unpaired) electrons. The molecule has 0 spiro atoms. The first-order valence-corrected chi connectivity index (χ1v) is 16.4. The van der Waals surface area contributed by atoms with Crippen molar-refractivity contribution in [3.05, 3.63) is 157 Å². The quantitative estimate of drug-likeness (QED) is 0.175. The van der Waals surface area contributed by atoms with E-state index in [1.807, 2.05) is 0 Å². The Morgan fingerprint density at radius 2 is 0.804 bits per heavy atom. The van der Waals surface area contributed by atoms with E-state index < -0.39 is 0 Å². The number of rotatable bonds is 2. The maximum atomic E-state index is 2.36. The molecule has 0 aliphatic heterocycles. The zero-order chi connectivity index (χ0) is 32.1. The monoisotopic (exact) mass is 594 g/mol. The first kappa shape index (κ1) is 29.8. The zero-order valence-corrected chi connectivity index (χ0v) is 27.9. The van der Waals surface area contributed by atoms with Crippen molar-refractivity contribution >= 4 is 43.1 Å². The third-order valence-corrected chi connectivity index (χ3v) is 9.35. The SMILES string of the molecule is CC(C)(C)c1ccc(-[c+]2c3cccc(c3)c3cccc(c3)[c-](-c3ccc(C(C)(C)C)cc3)c3cccc(c3)c3cccc2c3)cc1. The fourth-order valence-electron chi connectivity index (χ4n) is 6.69. The average Bonchev–Trinajstić information content (AvgIpc) is 3.05. The van der Waals surface area contributed by atoms with Crippen LogP contribution < -0.4 is 0 Å². The van der Waals surface area contributed by atoms with Crippen molar-refractivity contribution in [3.63, 3.8) is 0 Å². The Morgan fingerprint density at radius 3 is 1.24 bits per heavy atom. The Kier molecular flexibility index (Phi) is 7.41. The van der Waals surface area contributed by atoms with Gasteiger partial charge in [-0.15, -0.1) is 0 Å². The van der Waals surface area contributed by atoms with Crippen LogP contribution in [0, 0.1) is 0 Å². The average molecular weight is 595 g/mol. The summed E-state index contributed by atoms with van der Waals surface area (Å²) in [4.78, 5) is 0. The lowest BCUT2D eigenvalue weighted by Crippen LogP contribution is -2.10. The molecule has 7 aromatic carbocycles. The minimum absolute atomic E-state index is 0.104. The maximum absolute atomic E-state index is 2.36. The number of fused-ring (bicyclic) bond motifs is 10. The van der Waals surface area contributed by atoms with Gasteiger partial charge in [0.15, 0.2) is 0 Å². The number of hydrogen-bond acceptors (Lipinski definition) is 0. The van der Waals surface area contributed by atoms with Gasteiger partial charge in [0.05, 0.1) is 21.9 Å². The van der Waals surface area contributed by atoms with E-state index in [2.05, 4.69) is 187 Å². The van der Waals surface area contributed by atoms with Crippen molar-refractivity contribution < 1.29 is 0 Å². The van der Waals surface area contributed by atoms with Gasteiger partial charge in [0.25, 0.3) is 0 Å². The predicted molar refractivity (Wildman–Crippen MR) is 202 cm³/mol. The topological polar surface area (TPSA) is 0 Å². The van der Waals surface area contributed by atoms with Gasteiger partial charge in [0, 0.05) is 10.8 Å². The van der Waals surface area contributed by atoms with Crippen LogP contribution in [0.25, 0.3) is 65.3 Å². The van der Waals surface area contributed by atoms with Gasteiger partial charge in [-0.1, -0.05) is 142 Å². The summed E-state index contributed by atoms with van der Waals surface area (Å²) in [7, 11) is 0. The minimum atomic E-state index is 0.104. The van der Waals surface area contributed by atoms with Gasteiger partial charge in [-0.3, -0.25) is 0 Å². The molecule has 0 unspecified atom stereocenters. The molecule has 0 saturated carbocycles. The van der Waals surface area contributed by atoms with Gasteiger partial charge in [-0.25, -0.2) is 0 Å². The Balaban J connectivity index is 1.61. The maximum Gasteiger partial charge on any atom is 0.0632 e. The summed E-state index contributed by atoms with van der Waals surface area (Å²) in [6.45, 7) is 13.6. The Labute approximate surface area is 273 Å². The molecule has 0 N–H and O–H groups in total. The summed E-state index contributed by atoms with van der Waals surface area (Å²) in [6.07, 6.45) is 0. The predicted octanol–water partition coefficient (Wildman–Crippen LogP) is 13.4. The lowest BCUT2D eigenvalue weighted by molar-refractivity contribution is 0.590. The molecule has 0 heterocycles. The Morgan fingerprint density at radius 1 is 0.413 bits per heavy atom. The molecule has 0 fully saturated rings. The second kappa shape index (κ2) is 11.5. The molecule has 226 valence electrons. The van der Waals surface area contributed by atoms with Crippen LogP contribution >= 0.6 is 0 Å². The highest BCUT2D eigenvalue weighted by atomic mass is 14.2. The molecule has 0 aliphatic rings. The Bertz CT molecular complexity index is 2010. The van der Waals surface area contributed by atoms with E-state index in [1.165, 1.54) is 76.5 Å². The molecule has 7 aromatic rings. The first-order valence-electron chi connectivity index (χ1n) is 16.4. The molecular formula is C46H42. The van der Waals surface area contributed by atoms with E-state index in [4.69, 9.17) is 0 Å². The smallest absolute Gasteiger partial charge is 0.0632 e. The van der Waals surface area contributed by atoms with Crippen LogP contribution in [0.4, 0.5) is 0 Å². The molecular weight excluding hydrogens is 553 g/mol. The summed E-state index contributed by atoms with van der Waals surface area (Å²) in [5.74, 6) is 0. The second-order valence-electron chi connectivity index (χ2n) is 14.7. The first-order chi connectivity index (χ1) is 22.0. The summed E-state index contributed by atoms with van der Waals surface area (Å²) >= 11 is 0. The lowest BCUT2D eigenvalue weighted by atomic mass is 9.85. The van der Waals surface area contributed by atoms with Crippen LogP contribution in [-0.4, -0.2) is 0 Å². The van der Waals surface area contributed by atoms with Crippen molar-refractivity contribution in [1.29, 1.82) is 0 Å². The molecule has 7 rings (SSSR count). The van der Waals surface area contributed by atoms with Gasteiger partial charge in [0.1, 0.15) is 0 Å². The van der Waals surface area contributed by atoms with Crippen molar-refractivity contribution in [2.75, 3.05) is 0 Å². The molecule has 46 heavy (non-hydrogen) atoms. The minimum Gasteiger partial charge on any atom is -0.0998 e. The second-order valence-corrected chi connectivity index (χ2v) is 14.7. The van der Waals surface area contributed by atoms with Gasteiger partial charge < -0.3 is 0 Å². The van der Waals surface area contributed by atoms with Crippen LogP contribution in [0.1, 0.15) is 52.7 Å². The fraction of sp³-hybridized carbons (Fsp3) is 0.174. The summed E-state index contributed by atoms with van der Waals surface area (Å²) < 4.78 is 0. The highest BCUT2D eigenvalue weighted by Gasteiger charge is 2.16. The van der Waals surface area contributed by atoms with Crippen LogP contribution in [0.15, 0.2) is 146 Å². The Hall–Kier alpha value is -4.94. The third-order valence-electron chi connectivity index (χ3n) is 9.35. The fourth-order valence-corrected chi connectivity index (χ4v) is 6.69. The largest absolute Gasteiger partial charge is 0.0998 e. The van der Waals surface area contributed by atoms with E-state index in [0.717, 1.165) is 0 Å². The van der Waals surface area contributed by atoms with Crippen molar-refractivity contribution in [2.45, 2.75) is 52.4 Å². The molecule has 0 aromatic heterocycles. The van der Waals surface area contributed by atoms with Crippen LogP contribution in [-0.2, 0) is 10.8 Å². The van der Waals surface area contributed by atoms with Gasteiger partial charge >= 0.3 is 0 Å². The van der Waals surface area contributed by atoms with E-state index in [0.29, 0.717) is 0 Å². The molecule has 0 heteroatoms. The van der Waals surface area contributed by atoms with Crippen molar-refractivity contribution in [2.24, 2.45) is 0 Å². The van der Waals surface area contributed by atoms with Gasteiger partial charge in [-0.05, 0) is 100.0 Å².